The molecule has 0 fully saturated rings. The fraction of sp³-hybridized carbons (Fsp3) is 0.444. The average Bonchev–Trinajstić information content (AvgIpc) is 2.77. The Hall–Kier alpha value is -1.90. The van der Waals surface area contributed by atoms with Crippen molar-refractivity contribution in [3.8, 4) is 0 Å². The standard InChI is InChI=1S/C18H24N2O/c1-6-14-15(19)16-17(21-14)18(4,5)12-9-7-8-10-13(12)20(16)11(2)3/h7-11H,6,19H2,1-5H3. The van der Waals surface area contributed by atoms with Crippen molar-refractivity contribution in [3.05, 3.63) is 41.3 Å². The fourth-order valence-electron chi connectivity index (χ4n) is 3.40. The number of aryl methyl sites for hydroxylation is 1. The smallest absolute Gasteiger partial charge is 0.140 e. The van der Waals surface area contributed by atoms with Crippen LogP contribution in [-0.4, -0.2) is 6.04 Å². The Balaban J connectivity index is 2.36. The van der Waals surface area contributed by atoms with Gasteiger partial charge in [-0.1, -0.05) is 25.1 Å². The van der Waals surface area contributed by atoms with Crippen molar-refractivity contribution >= 4 is 17.1 Å². The molecule has 0 saturated carbocycles. The van der Waals surface area contributed by atoms with Crippen LogP contribution in [-0.2, 0) is 11.8 Å². The molecule has 0 bridgehead atoms. The van der Waals surface area contributed by atoms with Gasteiger partial charge in [0.25, 0.3) is 0 Å². The van der Waals surface area contributed by atoms with E-state index < -0.39 is 0 Å². The van der Waals surface area contributed by atoms with Crippen LogP contribution in [0.5, 0.6) is 0 Å². The molecular weight excluding hydrogens is 260 g/mol. The van der Waals surface area contributed by atoms with Gasteiger partial charge in [0.15, 0.2) is 0 Å². The lowest BCUT2D eigenvalue weighted by atomic mass is 9.77. The third-order valence-corrected chi connectivity index (χ3v) is 4.48. The zero-order chi connectivity index (χ0) is 15.4. The van der Waals surface area contributed by atoms with Crippen LogP contribution in [0.1, 0.15) is 51.7 Å². The van der Waals surface area contributed by atoms with Crippen LogP contribution in [0.15, 0.2) is 28.7 Å². The maximum absolute atomic E-state index is 6.41. The largest absolute Gasteiger partial charge is 0.461 e. The molecule has 1 aromatic carbocycles. The van der Waals surface area contributed by atoms with Gasteiger partial charge in [0, 0.05) is 18.2 Å². The molecule has 0 atom stereocenters. The molecule has 1 aliphatic rings. The van der Waals surface area contributed by atoms with Crippen molar-refractivity contribution in [1.29, 1.82) is 0 Å². The van der Waals surface area contributed by atoms with Gasteiger partial charge in [0.1, 0.15) is 17.2 Å². The summed E-state index contributed by atoms with van der Waals surface area (Å²) < 4.78 is 6.17. The molecule has 0 saturated heterocycles. The molecule has 0 spiro atoms. The Morgan fingerprint density at radius 3 is 2.52 bits per heavy atom. The molecule has 0 amide bonds. The molecule has 2 aromatic rings. The van der Waals surface area contributed by atoms with E-state index in [2.05, 4.69) is 63.8 Å². The predicted octanol–water partition coefficient (Wildman–Crippen LogP) is 4.61. The highest BCUT2D eigenvalue weighted by Crippen LogP contribution is 2.53. The van der Waals surface area contributed by atoms with Gasteiger partial charge in [-0.25, -0.2) is 0 Å². The number of fused-ring (bicyclic) bond motifs is 2. The number of furan rings is 1. The summed E-state index contributed by atoms with van der Waals surface area (Å²) in [7, 11) is 0. The first-order chi connectivity index (χ1) is 9.89. The van der Waals surface area contributed by atoms with E-state index in [0.717, 1.165) is 29.3 Å². The van der Waals surface area contributed by atoms with Gasteiger partial charge in [0.05, 0.1) is 11.1 Å². The second kappa shape index (κ2) is 4.55. The van der Waals surface area contributed by atoms with Crippen molar-refractivity contribution in [2.75, 3.05) is 10.6 Å². The van der Waals surface area contributed by atoms with Gasteiger partial charge < -0.3 is 15.1 Å². The Kier molecular flexibility index (Phi) is 3.05. The van der Waals surface area contributed by atoms with Gasteiger partial charge in [-0.3, -0.25) is 0 Å². The average molecular weight is 284 g/mol. The lowest BCUT2D eigenvalue weighted by Gasteiger charge is -2.41. The Morgan fingerprint density at radius 2 is 1.90 bits per heavy atom. The first kappa shape index (κ1) is 14.1. The normalized spacial score (nSPS) is 16.0. The summed E-state index contributed by atoms with van der Waals surface area (Å²) >= 11 is 0. The molecule has 112 valence electrons. The van der Waals surface area contributed by atoms with Crippen molar-refractivity contribution in [2.45, 2.75) is 52.5 Å². The maximum Gasteiger partial charge on any atom is 0.140 e. The molecule has 1 aliphatic heterocycles. The molecule has 2 heterocycles. The van der Waals surface area contributed by atoms with Crippen molar-refractivity contribution in [2.24, 2.45) is 0 Å². The second-order valence-corrected chi connectivity index (χ2v) is 6.58. The minimum absolute atomic E-state index is 0.168. The van der Waals surface area contributed by atoms with E-state index in [0.29, 0.717) is 6.04 Å². The van der Waals surface area contributed by atoms with E-state index in [1.807, 2.05) is 0 Å². The summed E-state index contributed by atoms with van der Waals surface area (Å²) in [6.07, 6.45) is 0.817. The molecule has 2 N–H and O–H groups in total. The van der Waals surface area contributed by atoms with E-state index in [9.17, 15) is 0 Å². The third kappa shape index (κ3) is 1.80. The number of benzene rings is 1. The number of para-hydroxylation sites is 1. The molecule has 1 aromatic heterocycles. The Morgan fingerprint density at radius 1 is 1.24 bits per heavy atom. The van der Waals surface area contributed by atoms with E-state index in [4.69, 9.17) is 10.2 Å². The van der Waals surface area contributed by atoms with Crippen LogP contribution in [0.3, 0.4) is 0 Å². The van der Waals surface area contributed by atoms with E-state index in [-0.39, 0.29) is 5.41 Å². The molecule has 3 nitrogen and oxygen atoms in total. The molecular formula is C18H24N2O. The third-order valence-electron chi connectivity index (χ3n) is 4.48. The first-order valence-electron chi connectivity index (χ1n) is 7.70. The zero-order valence-electron chi connectivity index (χ0n) is 13.5. The molecule has 3 rings (SSSR count). The van der Waals surface area contributed by atoms with Crippen molar-refractivity contribution < 1.29 is 4.42 Å². The van der Waals surface area contributed by atoms with Crippen LogP contribution < -0.4 is 10.6 Å². The van der Waals surface area contributed by atoms with Gasteiger partial charge >= 0.3 is 0 Å². The summed E-state index contributed by atoms with van der Waals surface area (Å²) in [5.41, 5.74) is 10.6. The van der Waals surface area contributed by atoms with E-state index in [1.165, 1.54) is 11.3 Å². The molecule has 21 heavy (non-hydrogen) atoms. The SMILES string of the molecule is CCc1oc2c(c1N)N(C(C)C)c1ccccc1C2(C)C. The topological polar surface area (TPSA) is 42.4 Å². The number of hydrogen-bond acceptors (Lipinski definition) is 3. The monoisotopic (exact) mass is 284 g/mol. The highest BCUT2D eigenvalue weighted by atomic mass is 16.3. The fourth-order valence-corrected chi connectivity index (χ4v) is 3.40. The lowest BCUT2D eigenvalue weighted by molar-refractivity contribution is 0.401. The van der Waals surface area contributed by atoms with Gasteiger partial charge in [-0.2, -0.15) is 0 Å². The maximum atomic E-state index is 6.41. The minimum atomic E-state index is -0.168. The van der Waals surface area contributed by atoms with E-state index >= 15 is 0 Å². The predicted molar refractivity (Wildman–Crippen MR) is 88.3 cm³/mol. The van der Waals surface area contributed by atoms with Crippen molar-refractivity contribution in [3.63, 3.8) is 0 Å². The molecule has 3 heteroatoms. The van der Waals surface area contributed by atoms with Crippen LogP contribution in [0, 0.1) is 0 Å². The summed E-state index contributed by atoms with van der Waals surface area (Å²) in [5, 5.41) is 0. The summed E-state index contributed by atoms with van der Waals surface area (Å²) in [4.78, 5) is 2.31. The highest BCUT2D eigenvalue weighted by molar-refractivity contribution is 5.85. The second-order valence-electron chi connectivity index (χ2n) is 6.58. The Bertz CT molecular complexity index is 683. The van der Waals surface area contributed by atoms with Crippen LogP contribution in [0.4, 0.5) is 17.1 Å². The van der Waals surface area contributed by atoms with Gasteiger partial charge in [-0.05, 0) is 39.3 Å². The van der Waals surface area contributed by atoms with Crippen LogP contribution >= 0.6 is 0 Å². The van der Waals surface area contributed by atoms with E-state index in [1.54, 1.807) is 0 Å². The Labute approximate surface area is 126 Å². The minimum Gasteiger partial charge on any atom is -0.461 e. The number of nitrogen functional groups attached to an aromatic ring is 1. The first-order valence-corrected chi connectivity index (χ1v) is 7.70. The number of nitrogens with zero attached hydrogens (tertiary/aromatic N) is 1. The number of hydrogen-bond donors (Lipinski definition) is 1. The van der Waals surface area contributed by atoms with Gasteiger partial charge in [-0.15, -0.1) is 0 Å². The van der Waals surface area contributed by atoms with Crippen LogP contribution in [0.25, 0.3) is 0 Å². The number of nitrogens with two attached hydrogens (primary N) is 1. The van der Waals surface area contributed by atoms with Crippen LogP contribution in [0.2, 0.25) is 0 Å². The number of anilines is 3. The summed E-state index contributed by atoms with van der Waals surface area (Å²) in [5.74, 6) is 1.88. The molecule has 0 radical (unpaired) electrons. The summed E-state index contributed by atoms with van der Waals surface area (Å²) in [6, 6.07) is 8.88. The van der Waals surface area contributed by atoms with Gasteiger partial charge in [0.2, 0.25) is 0 Å². The number of rotatable bonds is 2. The van der Waals surface area contributed by atoms with Crippen molar-refractivity contribution in [1.82, 2.24) is 0 Å². The molecule has 0 unspecified atom stereocenters. The highest BCUT2D eigenvalue weighted by Gasteiger charge is 2.42. The molecule has 0 aliphatic carbocycles. The lowest BCUT2D eigenvalue weighted by Crippen LogP contribution is -2.36. The quantitative estimate of drug-likeness (QED) is 0.875. The zero-order valence-corrected chi connectivity index (χ0v) is 13.5. The summed E-state index contributed by atoms with van der Waals surface area (Å²) in [6.45, 7) is 10.9.